The van der Waals surface area contributed by atoms with Crippen molar-refractivity contribution in [2.24, 2.45) is 0 Å². The zero-order chi connectivity index (χ0) is 22.3. The number of ether oxygens (including phenoxy) is 1. The first-order chi connectivity index (χ1) is 15.7. The lowest BCUT2D eigenvalue weighted by Crippen LogP contribution is -2.28. The monoisotopic (exact) mass is 427 g/mol. The van der Waals surface area contributed by atoms with Gasteiger partial charge < -0.3 is 4.74 Å². The van der Waals surface area contributed by atoms with E-state index < -0.39 is 6.09 Å². The Morgan fingerprint density at radius 3 is 2.22 bits per heavy atom. The number of carbonyl (C=O) groups is 1. The zero-order valence-corrected chi connectivity index (χ0v) is 18.7. The highest BCUT2D eigenvalue weighted by molar-refractivity contribution is 5.98. The molecule has 164 valence electrons. The van der Waals surface area contributed by atoms with E-state index in [1.54, 1.807) is 0 Å². The number of unbranched alkanes of at least 4 members (excludes halogenated alkanes) is 1. The maximum Gasteiger partial charge on any atom is 0.439 e. The number of amides is 1. The molecule has 0 aliphatic carbocycles. The molecule has 1 aliphatic heterocycles. The van der Waals surface area contributed by atoms with Crippen LogP contribution in [0, 0.1) is 6.92 Å². The number of benzene rings is 3. The third kappa shape index (κ3) is 4.92. The van der Waals surface area contributed by atoms with E-state index in [9.17, 15) is 4.79 Å². The van der Waals surface area contributed by atoms with Crippen molar-refractivity contribution in [2.75, 3.05) is 0 Å². The summed E-state index contributed by atoms with van der Waals surface area (Å²) in [7, 11) is 0. The van der Waals surface area contributed by atoms with Crippen LogP contribution in [0.15, 0.2) is 84.9 Å². The van der Waals surface area contributed by atoms with Crippen molar-refractivity contribution in [1.29, 1.82) is 0 Å². The van der Waals surface area contributed by atoms with E-state index in [2.05, 4.69) is 38.1 Å². The molecule has 4 rings (SSSR count). The smallest absolute Gasteiger partial charge is 0.439 e. The van der Waals surface area contributed by atoms with Gasteiger partial charge in [-0.1, -0.05) is 110 Å². The molecule has 1 aliphatic rings. The van der Waals surface area contributed by atoms with Gasteiger partial charge in [0.2, 0.25) is 0 Å². The lowest BCUT2D eigenvalue weighted by molar-refractivity contribution is -0.106. The lowest BCUT2D eigenvalue weighted by Gasteiger charge is -2.20. The predicted octanol–water partition coefficient (Wildman–Crippen LogP) is 7.01. The molecule has 3 aromatic rings. The van der Waals surface area contributed by atoms with Crippen LogP contribution in [0.1, 0.15) is 48.4 Å². The van der Waals surface area contributed by atoms with Crippen LogP contribution >= 0.6 is 0 Å². The molecule has 1 unspecified atom stereocenters. The summed E-state index contributed by atoms with van der Waals surface area (Å²) in [5.74, 6) is 0. The van der Waals surface area contributed by atoms with Gasteiger partial charge in [-0.05, 0) is 24.5 Å². The van der Waals surface area contributed by atoms with E-state index in [1.165, 1.54) is 5.06 Å². The first-order valence-electron chi connectivity index (χ1n) is 11.2. The van der Waals surface area contributed by atoms with Crippen LogP contribution < -0.4 is 0 Å². The second-order valence-corrected chi connectivity index (χ2v) is 8.07. The molecule has 0 aromatic heterocycles. The van der Waals surface area contributed by atoms with Gasteiger partial charge >= 0.3 is 6.09 Å². The highest BCUT2D eigenvalue weighted by Gasteiger charge is 2.38. The standard InChI is InChI=1S/C28H29NO3/c1-3-4-15-25-26(23-13-9-6-10-14-23)27(24-18-16-21(2)17-19-24)29(32-25)28(30)31-20-22-11-7-5-8-12-22/h5-14,16-19,25H,3-4,15,20H2,1-2H3. The largest absolute Gasteiger partial charge is 0.443 e. The van der Waals surface area contributed by atoms with Crippen molar-refractivity contribution >= 4 is 17.4 Å². The van der Waals surface area contributed by atoms with Gasteiger partial charge in [0.25, 0.3) is 0 Å². The molecule has 1 heterocycles. The fourth-order valence-corrected chi connectivity index (χ4v) is 3.92. The lowest BCUT2D eigenvalue weighted by atomic mass is 9.93. The van der Waals surface area contributed by atoms with E-state index in [4.69, 9.17) is 9.57 Å². The first-order valence-corrected chi connectivity index (χ1v) is 11.2. The Bertz CT molecular complexity index is 1060. The van der Waals surface area contributed by atoms with Crippen molar-refractivity contribution < 1.29 is 14.4 Å². The number of hydrogen-bond acceptors (Lipinski definition) is 3. The second-order valence-electron chi connectivity index (χ2n) is 8.07. The number of hydrogen-bond donors (Lipinski definition) is 0. The van der Waals surface area contributed by atoms with Crippen molar-refractivity contribution in [3.05, 3.63) is 107 Å². The van der Waals surface area contributed by atoms with Gasteiger partial charge in [0.15, 0.2) is 0 Å². The minimum absolute atomic E-state index is 0.195. The third-order valence-corrected chi connectivity index (χ3v) is 5.61. The molecule has 0 bridgehead atoms. The molecule has 0 saturated heterocycles. The van der Waals surface area contributed by atoms with E-state index in [0.29, 0.717) is 0 Å². The van der Waals surface area contributed by atoms with Crippen LogP contribution in [0.25, 0.3) is 11.3 Å². The molecule has 0 radical (unpaired) electrons. The summed E-state index contributed by atoms with van der Waals surface area (Å²) >= 11 is 0. The molecule has 0 spiro atoms. The van der Waals surface area contributed by atoms with Gasteiger partial charge in [-0.25, -0.2) is 4.79 Å². The molecule has 3 aromatic carbocycles. The van der Waals surface area contributed by atoms with E-state index in [-0.39, 0.29) is 12.7 Å². The zero-order valence-electron chi connectivity index (χ0n) is 18.7. The molecule has 4 heteroatoms. The fourth-order valence-electron chi connectivity index (χ4n) is 3.92. The van der Waals surface area contributed by atoms with E-state index in [1.807, 2.05) is 60.7 Å². The summed E-state index contributed by atoms with van der Waals surface area (Å²) in [5, 5.41) is 1.36. The minimum atomic E-state index is -0.503. The number of aryl methyl sites for hydroxylation is 1. The maximum atomic E-state index is 13.2. The maximum absolute atomic E-state index is 13.2. The topological polar surface area (TPSA) is 38.8 Å². The van der Waals surface area contributed by atoms with Gasteiger partial charge in [-0.3, -0.25) is 4.84 Å². The van der Waals surface area contributed by atoms with E-state index >= 15 is 0 Å². The second kappa shape index (κ2) is 10.3. The Morgan fingerprint density at radius 2 is 1.56 bits per heavy atom. The molecule has 0 fully saturated rings. The first kappa shape index (κ1) is 21.8. The van der Waals surface area contributed by atoms with Crippen molar-refractivity contribution in [1.82, 2.24) is 5.06 Å². The predicted molar refractivity (Wildman–Crippen MR) is 127 cm³/mol. The van der Waals surface area contributed by atoms with Gasteiger partial charge in [-0.2, -0.15) is 5.06 Å². The third-order valence-electron chi connectivity index (χ3n) is 5.61. The molecule has 1 amide bonds. The minimum Gasteiger partial charge on any atom is -0.443 e. The van der Waals surface area contributed by atoms with Crippen molar-refractivity contribution in [3.8, 4) is 0 Å². The summed E-state index contributed by atoms with van der Waals surface area (Å²) in [6, 6.07) is 28.0. The molecular weight excluding hydrogens is 398 g/mol. The SMILES string of the molecule is CCCCC1ON(C(=O)OCc2ccccc2)C(c2ccc(C)cc2)=C1c1ccccc1. The average molecular weight is 428 g/mol. The van der Waals surface area contributed by atoms with Crippen molar-refractivity contribution in [3.63, 3.8) is 0 Å². The normalized spacial score (nSPS) is 15.8. The molecule has 1 atom stereocenters. The Morgan fingerprint density at radius 1 is 0.906 bits per heavy atom. The van der Waals surface area contributed by atoms with Crippen LogP contribution in [0.4, 0.5) is 4.79 Å². The van der Waals surface area contributed by atoms with Crippen LogP contribution in [-0.4, -0.2) is 17.3 Å². The Hall–Kier alpha value is -3.37. The van der Waals surface area contributed by atoms with Crippen LogP contribution in [-0.2, 0) is 16.2 Å². The fraction of sp³-hybridized carbons (Fsp3) is 0.250. The highest BCUT2D eigenvalue weighted by Crippen LogP contribution is 2.41. The van der Waals surface area contributed by atoms with Gasteiger partial charge in [-0.15, -0.1) is 0 Å². The number of hydroxylamine groups is 2. The van der Waals surface area contributed by atoms with Crippen LogP contribution in [0.2, 0.25) is 0 Å². The molecule has 32 heavy (non-hydrogen) atoms. The molecule has 4 nitrogen and oxygen atoms in total. The molecular formula is C28H29NO3. The molecule has 0 N–H and O–H groups in total. The number of nitrogens with zero attached hydrogens (tertiary/aromatic N) is 1. The summed E-state index contributed by atoms with van der Waals surface area (Å²) in [5.41, 5.74) is 5.88. The summed E-state index contributed by atoms with van der Waals surface area (Å²) in [4.78, 5) is 19.5. The van der Waals surface area contributed by atoms with Crippen LogP contribution in [0.3, 0.4) is 0 Å². The molecule has 0 saturated carbocycles. The summed E-state index contributed by atoms with van der Waals surface area (Å²) < 4.78 is 5.65. The Labute approximate surface area is 190 Å². The van der Waals surface area contributed by atoms with Crippen LogP contribution in [0.5, 0.6) is 0 Å². The summed E-state index contributed by atoms with van der Waals surface area (Å²) in [6.45, 7) is 4.41. The number of rotatable bonds is 7. The quantitative estimate of drug-likeness (QED) is 0.407. The summed E-state index contributed by atoms with van der Waals surface area (Å²) in [6.07, 6.45) is 2.18. The number of carbonyl (C=O) groups excluding carboxylic acids is 1. The Balaban J connectivity index is 1.73. The highest BCUT2D eigenvalue weighted by atomic mass is 16.7. The average Bonchev–Trinajstić information content (AvgIpc) is 3.22. The van der Waals surface area contributed by atoms with Gasteiger partial charge in [0.1, 0.15) is 12.7 Å². The Kier molecular flexibility index (Phi) is 7.03. The van der Waals surface area contributed by atoms with Crippen molar-refractivity contribution in [2.45, 2.75) is 45.8 Å². The van der Waals surface area contributed by atoms with Gasteiger partial charge in [0.05, 0.1) is 5.70 Å². The van der Waals surface area contributed by atoms with Gasteiger partial charge in [0, 0.05) is 11.1 Å². The van der Waals surface area contributed by atoms with E-state index in [0.717, 1.165) is 52.8 Å².